The van der Waals surface area contributed by atoms with Crippen molar-refractivity contribution in [1.82, 2.24) is 14.8 Å². The zero-order valence-corrected chi connectivity index (χ0v) is 11.9. The van der Waals surface area contributed by atoms with Crippen LogP contribution in [0, 0.1) is 11.3 Å². The van der Waals surface area contributed by atoms with Crippen molar-refractivity contribution in [3.63, 3.8) is 0 Å². The molecule has 0 aromatic carbocycles. The van der Waals surface area contributed by atoms with Crippen molar-refractivity contribution < 1.29 is 0 Å². The Labute approximate surface area is 110 Å². The lowest BCUT2D eigenvalue weighted by atomic mass is 9.69. The van der Waals surface area contributed by atoms with Gasteiger partial charge in [0.05, 0.1) is 0 Å². The van der Waals surface area contributed by atoms with Gasteiger partial charge in [0, 0.05) is 19.0 Å². The molecule has 0 bridgehead atoms. The second-order valence-corrected chi connectivity index (χ2v) is 6.43. The van der Waals surface area contributed by atoms with E-state index in [4.69, 9.17) is 5.73 Å². The van der Waals surface area contributed by atoms with Gasteiger partial charge in [0.2, 0.25) is 0 Å². The molecule has 2 unspecified atom stereocenters. The highest BCUT2D eigenvalue weighted by Crippen LogP contribution is 2.39. The number of hydrogen-bond donors (Lipinski definition) is 1. The summed E-state index contributed by atoms with van der Waals surface area (Å²) < 4.78 is 2.04. The van der Waals surface area contributed by atoms with Gasteiger partial charge in [-0.3, -0.25) is 4.68 Å². The van der Waals surface area contributed by atoms with Crippen molar-refractivity contribution in [2.75, 3.05) is 0 Å². The Balaban J connectivity index is 2.05. The van der Waals surface area contributed by atoms with E-state index in [0.29, 0.717) is 17.4 Å². The molecular formula is C14H26N4. The predicted molar refractivity (Wildman–Crippen MR) is 73.1 cm³/mol. The molecule has 0 aliphatic heterocycles. The van der Waals surface area contributed by atoms with Crippen LogP contribution in [-0.4, -0.2) is 20.8 Å². The summed E-state index contributed by atoms with van der Waals surface area (Å²) in [6.07, 6.45) is 7.33. The zero-order chi connectivity index (χ0) is 13.2. The minimum atomic E-state index is 0.324. The summed E-state index contributed by atoms with van der Waals surface area (Å²) in [7, 11) is 0. The summed E-state index contributed by atoms with van der Waals surface area (Å²) in [5.74, 6) is 1.66. The quantitative estimate of drug-likeness (QED) is 0.892. The zero-order valence-electron chi connectivity index (χ0n) is 11.9. The summed E-state index contributed by atoms with van der Waals surface area (Å²) >= 11 is 0. The highest BCUT2D eigenvalue weighted by Gasteiger charge is 2.33. The molecule has 0 saturated heterocycles. The third-order valence-corrected chi connectivity index (χ3v) is 4.15. The standard InChI is InChI=1S/C14H26N4/c1-4-7-18-13(16-10-17-18)8-11-9-14(2,3)6-5-12(11)15/h10-12H,4-9,15H2,1-3H3. The van der Waals surface area contributed by atoms with Gasteiger partial charge in [0.1, 0.15) is 12.2 Å². The summed E-state index contributed by atoms with van der Waals surface area (Å²) in [5.41, 5.74) is 6.71. The molecule has 18 heavy (non-hydrogen) atoms. The first kappa shape index (κ1) is 13.5. The molecule has 1 fully saturated rings. The van der Waals surface area contributed by atoms with Crippen LogP contribution in [0.5, 0.6) is 0 Å². The van der Waals surface area contributed by atoms with Crippen molar-refractivity contribution in [3.8, 4) is 0 Å². The number of rotatable bonds is 4. The normalized spacial score (nSPS) is 27.3. The SMILES string of the molecule is CCCn1ncnc1CC1CC(C)(C)CCC1N. The van der Waals surface area contributed by atoms with Gasteiger partial charge in [-0.15, -0.1) is 0 Å². The van der Waals surface area contributed by atoms with Crippen molar-refractivity contribution in [2.24, 2.45) is 17.1 Å². The Morgan fingerprint density at radius 3 is 3.00 bits per heavy atom. The van der Waals surface area contributed by atoms with Crippen LogP contribution in [0.1, 0.15) is 52.3 Å². The molecule has 1 aliphatic rings. The second kappa shape index (κ2) is 5.39. The first-order valence-corrected chi connectivity index (χ1v) is 7.14. The molecule has 2 rings (SSSR count). The maximum Gasteiger partial charge on any atom is 0.138 e. The Kier molecular flexibility index (Phi) is 4.05. The molecule has 102 valence electrons. The van der Waals surface area contributed by atoms with Gasteiger partial charge in [-0.1, -0.05) is 20.8 Å². The van der Waals surface area contributed by atoms with Gasteiger partial charge in [-0.05, 0) is 37.0 Å². The molecule has 0 radical (unpaired) electrons. The molecule has 1 aromatic rings. The van der Waals surface area contributed by atoms with Crippen molar-refractivity contribution in [1.29, 1.82) is 0 Å². The minimum absolute atomic E-state index is 0.324. The van der Waals surface area contributed by atoms with E-state index >= 15 is 0 Å². The van der Waals surface area contributed by atoms with E-state index in [-0.39, 0.29) is 0 Å². The van der Waals surface area contributed by atoms with Crippen LogP contribution < -0.4 is 5.73 Å². The third-order valence-electron chi connectivity index (χ3n) is 4.15. The van der Waals surface area contributed by atoms with Crippen molar-refractivity contribution >= 4 is 0 Å². The van der Waals surface area contributed by atoms with E-state index in [9.17, 15) is 0 Å². The monoisotopic (exact) mass is 250 g/mol. The fourth-order valence-corrected chi connectivity index (χ4v) is 3.06. The number of hydrogen-bond acceptors (Lipinski definition) is 3. The van der Waals surface area contributed by atoms with Crippen LogP contribution in [0.15, 0.2) is 6.33 Å². The average Bonchev–Trinajstić information content (AvgIpc) is 2.72. The lowest BCUT2D eigenvalue weighted by Gasteiger charge is -2.39. The van der Waals surface area contributed by atoms with Crippen LogP contribution >= 0.6 is 0 Å². The smallest absolute Gasteiger partial charge is 0.138 e. The maximum absolute atomic E-state index is 6.28. The van der Waals surface area contributed by atoms with Gasteiger partial charge in [-0.25, -0.2) is 4.98 Å². The molecule has 2 atom stereocenters. The fraction of sp³-hybridized carbons (Fsp3) is 0.857. The van der Waals surface area contributed by atoms with Gasteiger partial charge < -0.3 is 5.73 Å². The number of aromatic nitrogens is 3. The molecule has 0 spiro atoms. The number of nitrogens with two attached hydrogens (primary N) is 1. The van der Waals surface area contributed by atoms with Gasteiger partial charge >= 0.3 is 0 Å². The second-order valence-electron chi connectivity index (χ2n) is 6.43. The summed E-state index contributed by atoms with van der Waals surface area (Å²) in [5, 5.41) is 4.30. The molecule has 0 amide bonds. The molecule has 1 aromatic heterocycles. The van der Waals surface area contributed by atoms with Gasteiger partial charge in [-0.2, -0.15) is 5.10 Å². The maximum atomic E-state index is 6.28. The fourth-order valence-electron chi connectivity index (χ4n) is 3.06. The largest absolute Gasteiger partial charge is 0.327 e. The van der Waals surface area contributed by atoms with Gasteiger partial charge in [0.25, 0.3) is 0 Å². The molecular weight excluding hydrogens is 224 g/mol. The van der Waals surface area contributed by atoms with E-state index in [1.807, 2.05) is 4.68 Å². The predicted octanol–water partition coefficient (Wildman–Crippen LogP) is 2.38. The van der Waals surface area contributed by atoms with Crippen molar-refractivity contribution in [2.45, 2.75) is 65.5 Å². The topological polar surface area (TPSA) is 56.7 Å². The van der Waals surface area contributed by atoms with E-state index in [2.05, 4.69) is 30.9 Å². The summed E-state index contributed by atoms with van der Waals surface area (Å²) in [6.45, 7) is 7.83. The van der Waals surface area contributed by atoms with Crippen molar-refractivity contribution in [3.05, 3.63) is 12.2 Å². The van der Waals surface area contributed by atoms with E-state index in [1.54, 1.807) is 6.33 Å². The lowest BCUT2D eigenvalue weighted by molar-refractivity contribution is 0.154. The Morgan fingerprint density at radius 2 is 2.28 bits per heavy atom. The van der Waals surface area contributed by atoms with Gasteiger partial charge in [0.15, 0.2) is 0 Å². The summed E-state index contributed by atoms with van der Waals surface area (Å²) in [4.78, 5) is 4.41. The molecule has 4 heteroatoms. The molecule has 4 nitrogen and oxygen atoms in total. The summed E-state index contributed by atoms with van der Waals surface area (Å²) in [6, 6.07) is 0.324. The molecule has 1 heterocycles. The number of nitrogens with zero attached hydrogens (tertiary/aromatic N) is 3. The first-order valence-electron chi connectivity index (χ1n) is 7.14. The number of aryl methyl sites for hydroxylation is 1. The van der Waals surface area contributed by atoms with Crippen LogP contribution in [0.4, 0.5) is 0 Å². The molecule has 1 saturated carbocycles. The van der Waals surface area contributed by atoms with E-state index in [1.165, 1.54) is 12.8 Å². The highest BCUT2D eigenvalue weighted by atomic mass is 15.3. The Morgan fingerprint density at radius 1 is 1.50 bits per heavy atom. The molecule has 2 N–H and O–H groups in total. The molecule has 1 aliphatic carbocycles. The van der Waals surface area contributed by atoms with Crippen LogP contribution in [0.25, 0.3) is 0 Å². The van der Waals surface area contributed by atoms with Crippen LogP contribution in [0.2, 0.25) is 0 Å². The average molecular weight is 250 g/mol. The highest BCUT2D eigenvalue weighted by molar-refractivity contribution is 4.95. The van der Waals surface area contributed by atoms with E-state index in [0.717, 1.165) is 31.6 Å². The third kappa shape index (κ3) is 3.10. The Hall–Kier alpha value is -0.900. The lowest BCUT2D eigenvalue weighted by Crippen LogP contribution is -2.40. The van der Waals surface area contributed by atoms with Crippen LogP contribution in [-0.2, 0) is 13.0 Å². The van der Waals surface area contributed by atoms with Crippen LogP contribution in [0.3, 0.4) is 0 Å². The minimum Gasteiger partial charge on any atom is -0.327 e. The van der Waals surface area contributed by atoms with E-state index < -0.39 is 0 Å². The first-order chi connectivity index (χ1) is 8.52. The Bertz CT molecular complexity index is 383.